The Morgan fingerprint density at radius 2 is 1.26 bits per heavy atom. The summed E-state index contributed by atoms with van der Waals surface area (Å²) < 4.78 is 4.72. The zero-order valence-electron chi connectivity index (χ0n) is 13.8. The van der Waals surface area contributed by atoms with Crippen LogP contribution in [0.5, 0.6) is 0 Å². The fourth-order valence-corrected chi connectivity index (χ4v) is 4.30. The van der Waals surface area contributed by atoms with Crippen molar-refractivity contribution in [2.45, 2.75) is 0 Å². The number of carboxylic acid groups (broad SMARTS) is 1. The van der Waals surface area contributed by atoms with Crippen LogP contribution in [0.2, 0.25) is 0 Å². The van der Waals surface area contributed by atoms with Crippen LogP contribution in [0.15, 0.2) is 60.7 Å². The molecule has 0 aliphatic rings. The lowest BCUT2D eigenvalue weighted by Gasteiger charge is -2.16. The molecule has 5 rings (SSSR count). The topological polar surface area (TPSA) is 63.6 Å². The lowest BCUT2D eigenvalue weighted by atomic mass is 9.86. The minimum atomic E-state index is -1.08. The van der Waals surface area contributed by atoms with E-state index in [0.717, 1.165) is 37.7 Å². The quantitative estimate of drug-likeness (QED) is 0.286. The summed E-state index contributed by atoms with van der Waals surface area (Å²) in [6.07, 6.45) is 0. The molecule has 130 valence electrons. The van der Waals surface area contributed by atoms with Gasteiger partial charge in [-0.25, -0.2) is 9.59 Å². The van der Waals surface area contributed by atoms with Gasteiger partial charge in [0, 0.05) is 5.39 Å². The molecule has 0 fully saturated rings. The SMILES string of the molecule is O=C(O)c1ccc2c3cccc4cccc(c5ccc(C(=O)OBr)c1c25)c43. The molecule has 5 aromatic rings. The van der Waals surface area contributed by atoms with Gasteiger partial charge in [-0.15, -0.1) is 0 Å². The third-order valence-corrected chi connectivity index (χ3v) is 5.46. The van der Waals surface area contributed by atoms with E-state index < -0.39 is 11.9 Å². The number of halogens is 1. The molecule has 0 amide bonds. The molecule has 1 N–H and O–H groups in total. The highest BCUT2D eigenvalue weighted by Crippen LogP contribution is 2.42. The first-order chi connectivity index (χ1) is 13.1. The van der Waals surface area contributed by atoms with Gasteiger partial charge in [0.1, 0.15) is 0 Å². The van der Waals surface area contributed by atoms with Crippen LogP contribution < -0.4 is 0 Å². The zero-order chi connectivity index (χ0) is 18.7. The average molecular weight is 419 g/mol. The molecule has 0 bridgehead atoms. The van der Waals surface area contributed by atoms with Gasteiger partial charge in [0.15, 0.2) is 16.3 Å². The van der Waals surface area contributed by atoms with Gasteiger partial charge in [-0.05, 0) is 49.8 Å². The number of benzene rings is 5. The van der Waals surface area contributed by atoms with E-state index in [1.807, 2.05) is 36.4 Å². The molecular weight excluding hydrogens is 408 g/mol. The Balaban J connectivity index is 2.16. The maximum Gasteiger partial charge on any atom is 0.350 e. The summed E-state index contributed by atoms with van der Waals surface area (Å²) in [5.74, 6) is -1.71. The van der Waals surface area contributed by atoms with Crippen molar-refractivity contribution in [3.8, 4) is 0 Å². The van der Waals surface area contributed by atoms with Crippen LogP contribution in [0, 0.1) is 0 Å². The first kappa shape index (κ1) is 16.0. The van der Waals surface area contributed by atoms with Gasteiger partial charge in [-0.3, -0.25) is 0 Å². The number of hydrogen-bond acceptors (Lipinski definition) is 3. The molecule has 5 aromatic carbocycles. The predicted octanol–water partition coefficient (Wildman–Crippen LogP) is 5.90. The molecule has 5 heteroatoms. The summed E-state index contributed by atoms with van der Waals surface area (Å²) in [4.78, 5) is 24.2. The Hall–Kier alpha value is -3.18. The fraction of sp³-hybridized carbons (Fsp3) is 0. The Morgan fingerprint density at radius 1 is 0.704 bits per heavy atom. The second-order valence-electron chi connectivity index (χ2n) is 6.45. The number of fused-ring (bicyclic) bond motifs is 2. The average Bonchev–Trinajstić information content (AvgIpc) is 2.70. The fourth-order valence-electron chi connectivity index (χ4n) is 4.12. The standard InChI is InChI=1S/C22H11BrO4/c23-27-22(26)17-10-8-15-13-6-2-4-11-3-1-5-12(18(11)13)14-7-9-16(21(24)25)20(17)19(14)15/h1-10H,(H,24,25). The molecule has 0 saturated heterocycles. The molecule has 0 radical (unpaired) electrons. The van der Waals surface area contributed by atoms with Gasteiger partial charge < -0.3 is 8.93 Å². The van der Waals surface area contributed by atoms with Crippen molar-refractivity contribution in [3.63, 3.8) is 0 Å². The van der Waals surface area contributed by atoms with Crippen molar-refractivity contribution in [3.05, 3.63) is 71.8 Å². The van der Waals surface area contributed by atoms with Crippen molar-refractivity contribution in [1.29, 1.82) is 0 Å². The van der Waals surface area contributed by atoms with Crippen molar-refractivity contribution < 1.29 is 18.5 Å². The van der Waals surface area contributed by atoms with Crippen LogP contribution in [0.1, 0.15) is 20.7 Å². The monoisotopic (exact) mass is 418 g/mol. The molecule has 0 spiro atoms. The second kappa shape index (κ2) is 5.66. The highest BCUT2D eigenvalue weighted by atomic mass is 79.9. The van der Waals surface area contributed by atoms with Gasteiger partial charge in [0.25, 0.3) is 0 Å². The maximum atomic E-state index is 12.3. The van der Waals surface area contributed by atoms with Crippen LogP contribution >= 0.6 is 16.3 Å². The lowest BCUT2D eigenvalue weighted by molar-refractivity contribution is 0.0699. The van der Waals surface area contributed by atoms with E-state index in [1.165, 1.54) is 0 Å². The number of hydrogen-bond donors (Lipinski definition) is 1. The molecule has 4 nitrogen and oxygen atoms in total. The summed E-state index contributed by atoms with van der Waals surface area (Å²) in [5, 5.41) is 17.0. The Labute approximate surface area is 161 Å². The number of carbonyl (C=O) groups is 2. The predicted molar refractivity (Wildman–Crippen MR) is 109 cm³/mol. The molecule has 0 aliphatic carbocycles. The maximum absolute atomic E-state index is 12.3. The highest BCUT2D eigenvalue weighted by Gasteiger charge is 2.22. The smallest absolute Gasteiger partial charge is 0.350 e. The minimum absolute atomic E-state index is 0.0788. The lowest BCUT2D eigenvalue weighted by Crippen LogP contribution is -2.05. The van der Waals surface area contributed by atoms with Crippen molar-refractivity contribution in [1.82, 2.24) is 0 Å². The first-order valence-electron chi connectivity index (χ1n) is 8.30. The van der Waals surface area contributed by atoms with Gasteiger partial charge in [0.2, 0.25) is 0 Å². The number of carboxylic acids is 1. The van der Waals surface area contributed by atoms with E-state index in [0.29, 0.717) is 5.39 Å². The van der Waals surface area contributed by atoms with E-state index in [-0.39, 0.29) is 11.1 Å². The van der Waals surface area contributed by atoms with Crippen LogP contribution in [-0.2, 0) is 3.83 Å². The van der Waals surface area contributed by atoms with Crippen molar-refractivity contribution in [2.75, 3.05) is 0 Å². The van der Waals surface area contributed by atoms with Crippen molar-refractivity contribution in [2.24, 2.45) is 0 Å². The molecule has 0 aromatic heterocycles. The Bertz CT molecular complexity index is 1350. The van der Waals surface area contributed by atoms with Crippen LogP contribution in [-0.4, -0.2) is 17.0 Å². The van der Waals surface area contributed by atoms with Gasteiger partial charge in [-0.2, -0.15) is 0 Å². The molecule has 0 unspecified atom stereocenters. The number of carbonyl (C=O) groups excluding carboxylic acids is 1. The van der Waals surface area contributed by atoms with Gasteiger partial charge in [-0.1, -0.05) is 48.5 Å². The molecule has 27 heavy (non-hydrogen) atoms. The molecule has 0 heterocycles. The third kappa shape index (κ3) is 2.09. The van der Waals surface area contributed by atoms with E-state index >= 15 is 0 Å². The van der Waals surface area contributed by atoms with Crippen LogP contribution in [0.3, 0.4) is 0 Å². The van der Waals surface area contributed by atoms with Gasteiger partial charge in [0.05, 0.1) is 11.1 Å². The molecule has 0 atom stereocenters. The summed E-state index contributed by atoms with van der Waals surface area (Å²) in [5.41, 5.74) is 0.298. The second-order valence-corrected chi connectivity index (χ2v) is 6.77. The highest BCUT2D eigenvalue weighted by molar-refractivity contribution is 9.06. The molecule has 0 aliphatic heterocycles. The van der Waals surface area contributed by atoms with Crippen LogP contribution in [0.25, 0.3) is 43.1 Å². The van der Waals surface area contributed by atoms with Crippen LogP contribution in [0.4, 0.5) is 0 Å². The van der Waals surface area contributed by atoms with Crippen molar-refractivity contribution >= 4 is 71.3 Å². The Morgan fingerprint density at radius 3 is 1.81 bits per heavy atom. The molecule has 0 saturated carbocycles. The van der Waals surface area contributed by atoms with E-state index in [1.54, 1.807) is 12.1 Å². The summed E-state index contributed by atoms with van der Waals surface area (Å²) in [6, 6.07) is 19.0. The van der Waals surface area contributed by atoms with E-state index in [2.05, 4.69) is 28.4 Å². The third-order valence-electron chi connectivity index (χ3n) is 5.17. The summed E-state index contributed by atoms with van der Waals surface area (Å²) >= 11 is 2.72. The largest absolute Gasteiger partial charge is 0.478 e. The summed E-state index contributed by atoms with van der Waals surface area (Å²) in [6.45, 7) is 0. The van der Waals surface area contributed by atoms with E-state index in [4.69, 9.17) is 3.83 Å². The van der Waals surface area contributed by atoms with E-state index in [9.17, 15) is 14.7 Å². The van der Waals surface area contributed by atoms with Gasteiger partial charge >= 0.3 is 11.9 Å². The Kier molecular flexibility index (Phi) is 3.36. The minimum Gasteiger partial charge on any atom is -0.478 e. The summed E-state index contributed by atoms with van der Waals surface area (Å²) in [7, 11) is 0. The normalized spacial score (nSPS) is 11.6. The number of rotatable bonds is 2. The zero-order valence-corrected chi connectivity index (χ0v) is 15.4. The molecular formula is C22H11BrO4. The number of aromatic carboxylic acids is 1. The first-order valence-corrected chi connectivity index (χ1v) is 8.95.